The molecular weight excluding hydrogens is 186 g/mol. The van der Waals surface area contributed by atoms with Crippen LogP contribution in [-0.2, 0) is 6.54 Å². The first-order valence-electron chi connectivity index (χ1n) is 5.57. The number of aryl methyl sites for hydroxylation is 2. The number of aliphatic hydroxyl groups is 1. The van der Waals surface area contributed by atoms with Crippen LogP contribution in [0, 0.1) is 13.8 Å². The highest BCUT2D eigenvalue weighted by atomic mass is 16.3. The minimum atomic E-state index is 0.0405. The normalized spacial score (nSPS) is 17.8. The van der Waals surface area contributed by atoms with Crippen molar-refractivity contribution < 1.29 is 5.11 Å². The number of hydrogen-bond donors (Lipinski definition) is 2. The molecule has 0 aliphatic heterocycles. The van der Waals surface area contributed by atoms with Crippen LogP contribution in [0.5, 0.6) is 0 Å². The van der Waals surface area contributed by atoms with Gasteiger partial charge in [0, 0.05) is 12.1 Å². The first-order chi connectivity index (χ1) is 7.15. The summed E-state index contributed by atoms with van der Waals surface area (Å²) >= 11 is 0. The first kappa shape index (κ1) is 10.7. The maximum Gasteiger partial charge on any atom is 0.0613 e. The summed E-state index contributed by atoms with van der Waals surface area (Å²) in [5.74, 6) is 0. The molecule has 2 nitrogen and oxygen atoms in total. The Morgan fingerprint density at radius 1 is 1.27 bits per heavy atom. The summed E-state index contributed by atoms with van der Waals surface area (Å²) in [7, 11) is 0. The number of benzene rings is 1. The molecule has 0 saturated heterocycles. The Hall–Kier alpha value is -0.860. The van der Waals surface area contributed by atoms with E-state index >= 15 is 0 Å². The molecule has 15 heavy (non-hydrogen) atoms. The van der Waals surface area contributed by atoms with Crippen LogP contribution in [0.2, 0.25) is 0 Å². The lowest BCUT2D eigenvalue weighted by Gasteiger charge is -2.14. The van der Waals surface area contributed by atoms with E-state index in [4.69, 9.17) is 0 Å². The maximum atomic E-state index is 9.17. The summed E-state index contributed by atoms with van der Waals surface area (Å²) in [5.41, 5.74) is 4.02. The zero-order valence-electron chi connectivity index (χ0n) is 9.51. The molecule has 0 bridgehead atoms. The van der Waals surface area contributed by atoms with Crippen molar-refractivity contribution in [2.75, 3.05) is 6.61 Å². The molecule has 1 aliphatic carbocycles. The van der Waals surface area contributed by atoms with E-state index in [1.54, 1.807) is 0 Å². The molecule has 2 N–H and O–H groups in total. The van der Waals surface area contributed by atoms with Gasteiger partial charge in [0.1, 0.15) is 0 Å². The van der Waals surface area contributed by atoms with Gasteiger partial charge in [0.25, 0.3) is 0 Å². The third-order valence-corrected chi connectivity index (χ3v) is 3.40. The molecule has 1 aromatic rings. The molecule has 0 atom stereocenters. The Bertz CT molecular complexity index is 356. The van der Waals surface area contributed by atoms with E-state index in [2.05, 4.69) is 37.4 Å². The Morgan fingerprint density at radius 3 is 2.53 bits per heavy atom. The fraction of sp³-hybridized carbons (Fsp3) is 0.538. The maximum absolute atomic E-state index is 9.17. The molecule has 0 amide bonds. The minimum Gasteiger partial charge on any atom is -0.394 e. The van der Waals surface area contributed by atoms with Crippen molar-refractivity contribution in [2.24, 2.45) is 0 Å². The van der Waals surface area contributed by atoms with Crippen molar-refractivity contribution in [3.63, 3.8) is 0 Å². The fourth-order valence-electron chi connectivity index (χ4n) is 1.74. The summed E-state index contributed by atoms with van der Waals surface area (Å²) in [6.45, 7) is 5.39. The highest BCUT2D eigenvalue weighted by Gasteiger charge is 2.41. The molecule has 1 saturated carbocycles. The van der Waals surface area contributed by atoms with Crippen LogP contribution in [-0.4, -0.2) is 17.3 Å². The molecule has 1 fully saturated rings. The van der Waals surface area contributed by atoms with Gasteiger partial charge in [-0.1, -0.05) is 18.2 Å². The molecule has 0 radical (unpaired) electrons. The quantitative estimate of drug-likeness (QED) is 0.787. The molecule has 2 heteroatoms. The summed E-state index contributed by atoms with van der Waals surface area (Å²) < 4.78 is 0. The second kappa shape index (κ2) is 3.95. The number of aliphatic hydroxyl groups excluding tert-OH is 1. The average Bonchev–Trinajstić information content (AvgIpc) is 3.01. The SMILES string of the molecule is Cc1ccc(CNC2(CO)CC2)cc1C. The third-order valence-electron chi connectivity index (χ3n) is 3.40. The van der Waals surface area contributed by atoms with Crippen LogP contribution in [0.3, 0.4) is 0 Å². The van der Waals surface area contributed by atoms with Gasteiger partial charge in [-0.05, 0) is 43.4 Å². The van der Waals surface area contributed by atoms with Gasteiger partial charge in [-0.3, -0.25) is 0 Å². The molecule has 82 valence electrons. The smallest absolute Gasteiger partial charge is 0.0613 e. The lowest BCUT2D eigenvalue weighted by molar-refractivity contribution is 0.229. The topological polar surface area (TPSA) is 32.3 Å². The molecule has 0 aromatic heterocycles. The van der Waals surface area contributed by atoms with Gasteiger partial charge in [0.15, 0.2) is 0 Å². The molecule has 1 aliphatic rings. The summed E-state index contributed by atoms with van der Waals surface area (Å²) in [4.78, 5) is 0. The Labute approximate surface area is 91.3 Å². The van der Waals surface area contributed by atoms with Crippen molar-refractivity contribution in [1.29, 1.82) is 0 Å². The lowest BCUT2D eigenvalue weighted by Crippen LogP contribution is -2.34. The average molecular weight is 205 g/mol. The van der Waals surface area contributed by atoms with E-state index in [9.17, 15) is 5.11 Å². The second-order valence-corrected chi connectivity index (χ2v) is 4.71. The van der Waals surface area contributed by atoms with Crippen LogP contribution in [0.4, 0.5) is 0 Å². The molecule has 0 spiro atoms. The van der Waals surface area contributed by atoms with E-state index in [1.165, 1.54) is 16.7 Å². The summed E-state index contributed by atoms with van der Waals surface area (Å²) in [5, 5.41) is 12.6. The molecule has 0 heterocycles. The zero-order chi connectivity index (χ0) is 10.9. The van der Waals surface area contributed by atoms with Gasteiger partial charge >= 0.3 is 0 Å². The minimum absolute atomic E-state index is 0.0405. The summed E-state index contributed by atoms with van der Waals surface area (Å²) in [6.07, 6.45) is 2.21. The van der Waals surface area contributed by atoms with E-state index in [-0.39, 0.29) is 12.1 Å². The fourth-order valence-corrected chi connectivity index (χ4v) is 1.74. The van der Waals surface area contributed by atoms with Crippen LogP contribution in [0.15, 0.2) is 18.2 Å². The number of rotatable bonds is 4. The largest absolute Gasteiger partial charge is 0.394 e. The van der Waals surface area contributed by atoms with Gasteiger partial charge in [0.05, 0.1) is 6.61 Å². The highest BCUT2D eigenvalue weighted by Crippen LogP contribution is 2.34. The van der Waals surface area contributed by atoms with E-state index in [1.807, 2.05) is 0 Å². The van der Waals surface area contributed by atoms with Crippen molar-refractivity contribution >= 4 is 0 Å². The van der Waals surface area contributed by atoms with Crippen molar-refractivity contribution in [2.45, 2.75) is 38.8 Å². The van der Waals surface area contributed by atoms with E-state index in [0.29, 0.717) is 0 Å². The predicted octanol–water partition coefficient (Wildman–Crippen LogP) is 1.92. The first-order valence-corrected chi connectivity index (χ1v) is 5.57. The van der Waals surface area contributed by atoms with Crippen LogP contribution in [0.1, 0.15) is 29.5 Å². The van der Waals surface area contributed by atoms with Crippen molar-refractivity contribution in [3.8, 4) is 0 Å². The molecule has 2 rings (SSSR count). The molecule has 0 unspecified atom stereocenters. The third kappa shape index (κ3) is 2.39. The Morgan fingerprint density at radius 2 is 2.00 bits per heavy atom. The van der Waals surface area contributed by atoms with Gasteiger partial charge in [0.2, 0.25) is 0 Å². The standard InChI is InChI=1S/C13H19NO/c1-10-3-4-12(7-11(10)2)8-14-13(9-15)5-6-13/h3-4,7,14-15H,5-6,8-9H2,1-2H3. The van der Waals surface area contributed by atoms with Crippen molar-refractivity contribution in [3.05, 3.63) is 34.9 Å². The Balaban J connectivity index is 1.96. The second-order valence-electron chi connectivity index (χ2n) is 4.71. The van der Waals surface area contributed by atoms with Crippen LogP contribution in [0.25, 0.3) is 0 Å². The lowest BCUT2D eigenvalue weighted by atomic mass is 10.1. The number of nitrogens with one attached hydrogen (secondary N) is 1. The van der Waals surface area contributed by atoms with Crippen LogP contribution >= 0.6 is 0 Å². The van der Waals surface area contributed by atoms with E-state index in [0.717, 1.165) is 19.4 Å². The van der Waals surface area contributed by atoms with Gasteiger partial charge in [-0.25, -0.2) is 0 Å². The zero-order valence-corrected chi connectivity index (χ0v) is 9.51. The van der Waals surface area contributed by atoms with Gasteiger partial charge in [-0.2, -0.15) is 0 Å². The van der Waals surface area contributed by atoms with Gasteiger partial charge in [-0.15, -0.1) is 0 Å². The monoisotopic (exact) mass is 205 g/mol. The number of hydrogen-bond acceptors (Lipinski definition) is 2. The van der Waals surface area contributed by atoms with Gasteiger partial charge < -0.3 is 10.4 Å². The highest BCUT2D eigenvalue weighted by molar-refractivity contribution is 5.30. The molecule has 1 aromatic carbocycles. The van der Waals surface area contributed by atoms with E-state index < -0.39 is 0 Å². The molecular formula is C13H19NO. The van der Waals surface area contributed by atoms with Crippen LogP contribution < -0.4 is 5.32 Å². The Kier molecular flexibility index (Phi) is 2.81. The predicted molar refractivity (Wildman–Crippen MR) is 61.8 cm³/mol. The summed E-state index contributed by atoms with van der Waals surface area (Å²) in [6, 6.07) is 6.53. The van der Waals surface area contributed by atoms with Crippen molar-refractivity contribution in [1.82, 2.24) is 5.32 Å².